The summed E-state index contributed by atoms with van der Waals surface area (Å²) in [5, 5.41) is 0. The van der Waals surface area contributed by atoms with Crippen molar-refractivity contribution in [1.82, 2.24) is 19.9 Å². The molecule has 134 valence electrons. The van der Waals surface area contributed by atoms with Gasteiger partial charge in [0.1, 0.15) is 12.1 Å². The van der Waals surface area contributed by atoms with Crippen molar-refractivity contribution in [3.63, 3.8) is 0 Å². The third-order valence-corrected chi connectivity index (χ3v) is 4.96. The predicted molar refractivity (Wildman–Crippen MR) is 108 cm³/mol. The number of nitrogens with one attached hydrogen (secondary N) is 1. The maximum atomic E-state index is 11.2. The molecule has 0 radical (unpaired) electrons. The van der Waals surface area contributed by atoms with Gasteiger partial charge in [0.2, 0.25) is 0 Å². The molecule has 0 amide bonds. The van der Waals surface area contributed by atoms with Crippen LogP contribution in [0.2, 0.25) is 0 Å². The molecule has 5 rings (SSSR count). The lowest BCUT2D eigenvalue weighted by atomic mass is 9.98. The number of carbonyl (C=O) groups is 1. The van der Waals surface area contributed by atoms with E-state index in [1.165, 1.54) is 0 Å². The Hall–Kier alpha value is -3.86. The zero-order valence-corrected chi connectivity index (χ0v) is 14.9. The molecule has 1 atom stereocenters. The molecule has 1 N–H and O–H groups in total. The molecule has 4 aromatic rings. The van der Waals surface area contributed by atoms with Crippen molar-refractivity contribution >= 4 is 12.4 Å². The van der Waals surface area contributed by atoms with Crippen LogP contribution in [0.5, 0.6) is 0 Å². The highest BCUT2D eigenvalue weighted by atomic mass is 16.1. The summed E-state index contributed by atoms with van der Waals surface area (Å²) in [4.78, 5) is 27.9. The van der Waals surface area contributed by atoms with Gasteiger partial charge in [0, 0.05) is 41.5 Å². The summed E-state index contributed by atoms with van der Waals surface area (Å²) in [6.45, 7) is 0. The molecule has 0 saturated carbocycles. The third-order valence-electron chi connectivity index (χ3n) is 4.96. The monoisotopic (exact) mass is 364 g/mol. The van der Waals surface area contributed by atoms with Crippen LogP contribution in [-0.2, 0) is 4.79 Å². The average molecular weight is 364 g/mol. The van der Waals surface area contributed by atoms with Gasteiger partial charge in [-0.15, -0.1) is 0 Å². The summed E-state index contributed by atoms with van der Waals surface area (Å²) in [5.41, 5.74) is 6.80. The first-order valence-electron chi connectivity index (χ1n) is 9.02. The SMILES string of the molecule is O=CC1C=Cc2cc(-c3nc(-c4cccnc4)[nH]c3-c3ccncc3)ccc21. The van der Waals surface area contributed by atoms with Gasteiger partial charge < -0.3 is 9.78 Å². The molecular formula is C23H16N4O. The fraction of sp³-hybridized carbons (Fsp3) is 0.0435. The number of aldehydes is 1. The van der Waals surface area contributed by atoms with Gasteiger partial charge in [-0.25, -0.2) is 4.98 Å². The van der Waals surface area contributed by atoms with Crippen LogP contribution < -0.4 is 0 Å². The van der Waals surface area contributed by atoms with Crippen LogP contribution in [0.1, 0.15) is 17.0 Å². The molecule has 0 saturated heterocycles. The predicted octanol–water partition coefficient (Wildman–Crippen LogP) is 4.51. The fourth-order valence-corrected chi connectivity index (χ4v) is 3.55. The quantitative estimate of drug-likeness (QED) is 0.541. The molecule has 28 heavy (non-hydrogen) atoms. The van der Waals surface area contributed by atoms with E-state index in [0.29, 0.717) is 0 Å². The molecule has 0 spiro atoms. The topological polar surface area (TPSA) is 71.5 Å². The van der Waals surface area contributed by atoms with Gasteiger partial charge in [-0.3, -0.25) is 9.97 Å². The number of nitrogens with zero attached hydrogens (tertiary/aromatic N) is 3. The molecule has 5 nitrogen and oxygen atoms in total. The second-order valence-corrected chi connectivity index (χ2v) is 6.65. The Bertz CT molecular complexity index is 1180. The summed E-state index contributed by atoms with van der Waals surface area (Å²) < 4.78 is 0. The average Bonchev–Trinajstić information content (AvgIpc) is 3.39. The number of fused-ring (bicyclic) bond motifs is 1. The zero-order chi connectivity index (χ0) is 18.9. The number of benzene rings is 1. The summed E-state index contributed by atoms with van der Waals surface area (Å²) in [7, 11) is 0. The lowest BCUT2D eigenvalue weighted by molar-refractivity contribution is -0.108. The van der Waals surface area contributed by atoms with Crippen LogP contribution in [0, 0.1) is 0 Å². The van der Waals surface area contributed by atoms with Crippen molar-refractivity contribution < 1.29 is 4.79 Å². The van der Waals surface area contributed by atoms with E-state index in [2.05, 4.69) is 21.0 Å². The van der Waals surface area contributed by atoms with Gasteiger partial charge in [0.15, 0.2) is 0 Å². The molecule has 1 aliphatic carbocycles. The summed E-state index contributed by atoms with van der Waals surface area (Å²) >= 11 is 0. The number of hydrogen-bond acceptors (Lipinski definition) is 4. The number of aromatic nitrogens is 4. The number of pyridine rings is 2. The van der Waals surface area contributed by atoms with Crippen molar-refractivity contribution in [2.45, 2.75) is 5.92 Å². The second-order valence-electron chi connectivity index (χ2n) is 6.65. The highest BCUT2D eigenvalue weighted by Gasteiger charge is 2.20. The molecule has 0 aliphatic heterocycles. The summed E-state index contributed by atoms with van der Waals surface area (Å²) in [5.74, 6) is 0.602. The maximum Gasteiger partial charge on any atom is 0.140 e. The van der Waals surface area contributed by atoms with Crippen LogP contribution >= 0.6 is 0 Å². The van der Waals surface area contributed by atoms with Gasteiger partial charge in [-0.1, -0.05) is 24.3 Å². The molecule has 1 aliphatic rings. The highest BCUT2D eigenvalue weighted by molar-refractivity contribution is 5.84. The van der Waals surface area contributed by atoms with Gasteiger partial charge in [0.25, 0.3) is 0 Å². The van der Waals surface area contributed by atoms with Crippen molar-refractivity contribution in [2.75, 3.05) is 0 Å². The minimum atomic E-state index is -0.158. The zero-order valence-electron chi connectivity index (χ0n) is 14.9. The minimum Gasteiger partial charge on any atom is -0.337 e. The first-order valence-corrected chi connectivity index (χ1v) is 9.02. The van der Waals surface area contributed by atoms with E-state index < -0.39 is 0 Å². The molecular weight excluding hydrogens is 348 g/mol. The summed E-state index contributed by atoms with van der Waals surface area (Å²) in [6.07, 6.45) is 12.0. The Morgan fingerprint density at radius 1 is 0.929 bits per heavy atom. The molecule has 5 heteroatoms. The van der Waals surface area contributed by atoms with Crippen LogP contribution in [0.4, 0.5) is 0 Å². The standard InChI is InChI=1S/C23H16N4O/c28-14-19-4-3-16-12-17(5-6-20(16)19)22-21(15-7-10-24-11-8-15)26-23(27-22)18-2-1-9-25-13-18/h1-14,19H,(H,26,27). The normalized spacial score (nSPS) is 14.8. The molecule has 3 aromatic heterocycles. The van der Waals surface area contributed by atoms with Crippen molar-refractivity contribution in [2.24, 2.45) is 0 Å². The van der Waals surface area contributed by atoms with Crippen molar-refractivity contribution in [3.05, 3.63) is 84.5 Å². The number of carbonyl (C=O) groups excluding carboxylic acids is 1. The van der Waals surface area contributed by atoms with E-state index >= 15 is 0 Å². The van der Waals surface area contributed by atoms with Crippen LogP contribution in [-0.4, -0.2) is 26.2 Å². The number of imidazole rings is 1. The van der Waals surface area contributed by atoms with E-state index in [9.17, 15) is 4.79 Å². The number of aromatic amines is 1. The Morgan fingerprint density at radius 3 is 2.61 bits per heavy atom. The summed E-state index contributed by atoms with van der Waals surface area (Å²) in [6, 6.07) is 13.9. The van der Waals surface area contributed by atoms with E-state index in [1.54, 1.807) is 24.8 Å². The van der Waals surface area contributed by atoms with E-state index in [0.717, 1.165) is 51.3 Å². The van der Waals surface area contributed by atoms with Crippen molar-refractivity contribution in [3.8, 4) is 33.9 Å². The number of rotatable bonds is 4. The van der Waals surface area contributed by atoms with Gasteiger partial charge in [-0.05, 0) is 41.5 Å². The molecule has 1 unspecified atom stereocenters. The highest BCUT2D eigenvalue weighted by Crippen LogP contribution is 2.36. The van der Waals surface area contributed by atoms with Crippen LogP contribution in [0.15, 0.2) is 73.3 Å². The van der Waals surface area contributed by atoms with Gasteiger partial charge in [0.05, 0.1) is 17.3 Å². The third kappa shape index (κ3) is 2.74. The van der Waals surface area contributed by atoms with Gasteiger partial charge in [-0.2, -0.15) is 0 Å². The van der Waals surface area contributed by atoms with Gasteiger partial charge >= 0.3 is 0 Å². The van der Waals surface area contributed by atoms with E-state index in [1.807, 2.05) is 48.6 Å². The lowest BCUT2D eigenvalue weighted by Crippen LogP contribution is -1.94. The van der Waals surface area contributed by atoms with Crippen LogP contribution in [0.25, 0.3) is 40.0 Å². The van der Waals surface area contributed by atoms with E-state index in [-0.39, 0.29) is 5.92 Å². The van der Waals surface area contributed by atoms with Crippen molar-refractivity contribution in [1.29, 1.82) is 0 Å². The Labute approximate surface area is 161 Å². The smallest absolute Gasteiger partial charge is 0.140 e. The number of allylic oxidation sites excluding steroid dienone is 1. The molecule has 3 heterocycles. The molecule has 0 fully saturated rings. The Kier molecular flexibility index (Phi) is 3.91. The maximum absolute atomic E-state index is 11.2. The largest absolute Gasteiger partial charge is 0.337 e. The van der Waals surface area contributed by atoms with E-state index in [4.69, 9.17) is 4.98 Å². The first kappa shape index (κ1) is 16.3. The second kappa shape index (κ2) is 6.70. The molecule has 0 bridgehead atoms. The number of hydrogen-bond donors (Lipinski definition) is 1. The Morgan fingerprint density at radius 2 is 1.82 bits per heavy atom. The van der Waals surface area contributed by atoms with Crippen LogP contribution in [0.3, 0.4) is 0 Å². The first-order chi connectivity index (χ1) is 13.8. The fourth-order valence-electron chi connectivity index (χ4n) is 3.55. The Balaban J connectivity index is 1.67. The number of H-pyrrole nitrogens is 1. The minimum absolute atomic E-state index is 0.158. The molecule has 1 aromatic carbocycles. The lowest BCUT2D eigenvalue weighted by Gasteiger charge is -2.07.